The molecule has 0 aliphatic heterocycles. The molecule has 1 aromatic carbocycles. The highest BCUT2D eigenvalue weighted by Gasteiger charge is 2.19. The van der Waals surface area contributed by atoms with Crippen molar-refractivity contribution in [3.05, 3.63) is 53.7 Å². The number of hydrogen-bond acceptors (Lipinski definition) is 5. The number of ether oxygens (including phenoxy) is 1. The lowest BCUT2D eigenvalue weighted by Gasteiger charge is -2.06. The zero-order valence-corrected chi connectivity index (χ0v) is 13.1. The normalized spacial score (nSPS) is 10.5. The number of hydrogen-bond donors (Lipinski definition) is 0. The van der Waals surface area contributed by atoms with Crippen LogP contribution < -0.4 is 4.74 Å². The molecule has 2 heterocycles. The van der Waals surface area contributed by atoms with E-state index in [1.807, 2.05) is 36.4 Å². The number of ketones is 1. The summed E-state index contributed by atoms with van der Waals surface area (Å²) >= 11 is 1.39. The van der Waals surface area contributed by atoms with Crippen LogP contribution in [0.3, 0.4) is 0 Å². The highest BCUT2D eigenvalue weighted by molar-refractivity contribution is 7.17. The SMILES string of the molecule is COc1ccccc1-c1nc(-c2ccncc2)sc1C(C)=O. The molecule has 0 atom stereocenters. The maximum Gasteiger partial charge on any atom is 0.172 e. The average molecular weight is 310 g/mol. The maximum absolute atomic E-state index is 12.0. The lowest BCUT2D eigenvalue weighted by Crippen LogP contribution is -1.94. The number of pyridine rings is 1. The first kappa shape index (κ1) is 14.4. The van der Waals surface area contributed by atoms with E-state index in [0.717, 1.165) is 16.1 Å². The fourth-order valence-corrected chi connectivity index (χ4v) is 3.18. The van der Waals surface area contributed by atoms with Crippen LogP contribution in [0, 0.1) is 0 Å². The number of nitrogens with zero attached hydrogens (tertiary/aromatic N) is 2. The van der Waals surface area contributed by atoms with Gasteiger partial charge in [-0.2, -0.15) is 0 Å². The number of carbonyl (C=O) groups excluding carboxylic acids is 1. The van der Waals surface area contributed by atoms with E-state index in [1.54, 1.807) is 26.4 Å². The predicted molar refractivity (Wildman–Crippen MR) is 87.3 cm³/mol. The van der Waals surface area contributed by atoms with Crippen molar-refractivity contribution in [2.45, 2.75) is 6.92 Å². The van der Waals surface area contributed by atoms with Crippen LogP contribution in [0.5, 0.6) is 5.75 Å². The Morgan fingerprint density at radius 3 is 2.55 bits per heavy atom. The molecule has 0 bridgehead atoms. The third kappa shape index (κ3) is 2.63. The van der Waals surface area contributed by atoms with Crippen molar-refractivity contribution < 1.29 is 9.53 Å². The van der Waals surface area contributed by atoms with E-state index in [9.17, 15) is 4.79 Å². The molecular formula is C17H14N2O2S. The van der Waals surface area contributed by atoms with Crippen molar-refractivity contribution in [3.63, 3.8) is 0 Å². The Labute approximate surface area is 132 Å². The first-order valence-electron chi connectivity index (χ1n) is 6.76. The minimum atomic E-state index is -0.00119. The lowest BCUT2D eigenvalue weighted by atomic mass is 10.1. The quantitative estimate of drug-likeness (QED) is 0.681. The monoisotopic (exact) mass is 310 g/mol. The number of thiazole rings is 1. The fourth-order valence-electron chi connectivity index (χ4n) is 2.20. The molecule has 0 saturated carbocycles. The van der Waals surface area contributed by atoms with Crippen molar-refractivity contribution in [3.8, 4) is 27.6 Å². The zero-order chi connectivity index (χ0) is 15.5. The third-order valence-electron chi connectivity index (χ3n) is 3.24. The highest BCUT2D eigenvalue weighted by atomic mass is 32.1. The van der Waals surface area contributed by atoms with Crippen molar-refractivity contribution in [1.82, 2.24) is 9.97 Å². The third-order valence-corrected chi connectivity index (χ3v) is 4.44. The summed E-state index contributed by atoms with van der Waals surface area (Å²) in [5.74, 6) is 0.704. The standard InChI is InChI=1S/C17H14N2O2S/c1-11(20)16-15(13-5-3-4-6-14(13)21-2)19-17(22-16)12-7-9-18-10-8-12/h3-10H,1-2H3. The van der Waals surface area contributed by atoms with Crippen molar-refractivity contribution in [2.24, 2.45) is 0 Å². The molecule has 0 aliphatic rings. The molecule has 3 aromatic rings. The molecule has 3 rings (SSSR count). The van der Waals surface area contributed by atoms with Crippen LogP contribution in [0.4, 0.5) is 0 Å². The second kappa shape index (κ2) is 6.07. The summed E-state index contributed by atoms with van der Waals surface area (Å²) in [6.45, 7) is 1.56. The molecule has 22 heavy (non-hydrogen) atoms. The van der Waals surface area contributed by atoms with Gasteiger partial charge in [-0.3, -0.25) is 9.78 Å². The molecule has 110 valence electrons. The summed E-state index contributed by atoms with van der Waals surface area (Å²) in [5, 5.41) is 0.800. The number of carbonyl (C=O) groups is 1. The largest absolute Gasteiger partial charge is 0.496 e. The molecule has 0 saturated heterocycles. The van der Waals surface area contributed by atoms with Gasteiger partial charge in [0.05, 0.1) is 17.7 Å². The van der Waals surface area contributed by atoms with E-state index in [0.29, 0.717) is 16.3 Å². The molecule has 0 unspecified atom stereocenters. The molecule has 0 aliphatic carbocycles. The van der Waals surface area contributed by atoms with Crippen LogP contribution in [0.15, 0.2) is 48.8 Å². The molecule has 0 radical (unpaired) electrons. The van der Waals surface area contributed by atoms with Gasteiger partial charge in [-0.1, -0.05) is 12.1 Å². The van der Waals surface area contributed by atoms with Gasteiger partial charge in [0, 0.05) is 30.4 Å². The molecule has 2 aromatic heterocycles. The van der Waals surface area contributed by atoms with E-state index in [2.05, 4.69) is 9.97 Å². The summed E-state index contributed by atoms with van der Waals surface area (Å²) in [5.41, 5.74) is 2.44. The summed E-state index contributed by atoms with van der Waals surface area (Å²) in [7, 11) is 1.61. The van der Waals surface area contributed by atoms with Gasteiger partial charge in [0.2, 0.25) is 0 Å². The van der Waals surface area contributed by atoms with Gasteiger partial charge in [-0.15, -0.1) is 11.3 Å². The van der Waals surface area contributed by atoms with Gasteiger partial charge in [0.1, 0.15) is 10.8 Å². The predicted octanol–water partition coefficient (Wildman–Crippen LogP) is 4.08. The fraction of sp³-hybridized carbons (Fsp3) is 0.118. The Kier molecular flexibility index (Phi) is 3.98. The Morgan fingerprint density at radius 2 is 1.86 bits per heavy atom. The van der Waals surface area contributed by atoms with Gasteiger partial charge >= 0.3 is 0 Å². The van der Waals surface area contributed by atoms with Gasteiger partial charge < -0.3 is 4.74 Å². The van der Waals surface area contributed by atoms with Gasteiger partial charge in [-0.25, -0.2) is 4.98 Å². The average Bonchev–Trinajstić information content (AvgIpc) is 3.01. The Bertz CT molecular complexity index is 813. The summed E-state index contributed by atoms with van der Waals surface area (Å²) in [6.07, 6.45) is 3.43. The maximum atomic E-state index is 12.0. The Hall–Kier alpha value is -2.53. The summed E-state index contributed by atoms with van der Waals surface area (Å²) in [6, 6.07) is 11.4. The summed E-state index contributed by atoms with van der Waals surface area (Å²) < 4.78 is 5.39. The van der Waals surface area contributed by atoms with Gasteiger partial charge in [0.25, 0.3) is 0 Å². The Morgan fingerprint density at radius 1 is 1.14 bits per heavy atom. The first-order valence-corrected chi connectivity index (χ1v) is 7.58. The van der Waals surface area contributed by atoms with Crippen molar-refractivity contribution >= 4 is 17.1 Å². The number of aromatic nitrogens is 2. The first-order chi connectivity index (χ1) is 10.7. The van der Waals surface area contributed by atoms with Gasteiger partial charge in [-0.05, 0) is 24.3 Å². The number of para-hydroxylation sites is 1. The lowest BCUT2D eigenvalue weighted by molar-refractivity contribution is 0.102. The minimum absolute atomic E-state index is 0.00119. The van der Waals surface area contributed by atoms with Gasteiger partial charge in [0.15, 0.2) is 5.78 Å². The van der Waals surface area contributed by atoms with Crippen molar-refractivity contribution in [1.29, 1.82) is 0 Å². The van der Waals surface area contributed by atoms with Crippen LogP contribution in [0.25, 0.3) is 21.8 Å². The van der Waals surface area contributed by atoms with E-state index in [4.69, 9.17) is 4.74 Å². The van der Waals surface area contributed by atoms with Crippen LogP contribution in [0.2, 0.25) is 0 Å². The zero-order valence-electron chi connectivity index (χ0n) is 12.2. The smallest absolute Gasteiger partial charge is 0.172 e. The van der Waals surface area contributed by atoms with Crippen LogP contribution in [0.1, 0.15) is 16.6 Å². The molecule has 0 amide bonds. The summed E-state index contributed by atoms with van der Waals surface area (Å²) in [4.78, 5) is 21.3. The topological polar surface area (TPSA) is 52.1 Å². The van der Waals surface area contributed by atoms with E-state index < -0.39 is 0 Å². The Balaban J connectivity index is 2.19. The number of benzene rings is 1. The van der Waals surface area contributed by atoms with E-state index in [-0.39, 0.29) is 5.78 Å². The van der Waals surface area contributed by atoms with E-state index in [1.165, 1.54) is 11.3 Å². The molecule has 0 spiro atoms. The molecule has 5 heteroatoms. The molecule has 0 fully saturated rings. The number of Topliss-reactive ketones (excluding diaryl/α,β-unsaturated/α-hetero) is 1. The second-order valence-electron chi connectivity index (χ2n) is 4.69. The van der Waals surface area contributed by atoms with Crippen LogP contribution in [-0.2, 0) is 0 Å². The van der Waals surface area contributed by atoms with Crippen LogP contribution in [-0.4, -0.2) is 22.9 Å². The van der Waals surface area contributed by atoms with Crippen molar-refractivity contribution in [2.75, 3.05) is 7.11 Å². The molecule has 4 nitrogen and oxygen atoms in total. The molecule has 0 N–H and O–H groups in total. The number of rotatable bonds is 4. The number of methoxy groups -OCH3 is 1. The second-order valence-corrected chi connectivity index (χ2v) is 5.69. The molecular weight excluding hydrogens is 296 g/mol. The minimum Gasteiger partial charge on any atom is -0.496 e. The van der Waals surface area contributed by atoms with E-state index >= 15 is 0 Å². The highest BCUT2D eigenvalue weighted by Crippen LogP contribution is 2.37. The van der Waals surface area contributed by atoms with Crippen LogP contribution >= 0.6 is 11.3 Å².